The molecule has 0 amide bonds. The molecule has 3 rings (SSSR count). The van der Waals surface area contributed by atoms with Gasteiger partial charge in [-0.05, 0) is 23.6 Å². The molecule has 120 valence electrons. The molecule has 4 heteroatoms. The van der Waals surface area contributed by atoms with Gasteiger partial charge in [-0.1, -0.05) is 55.5 Å². The lowest BCUT2D eigenvalue weighted by Crippen LogP contribution is -2.12. The lowest BCUT2D eigenvalue weighted by Gasteiger charge is -2.13. The molecule has 3 aromatic rings. The molecule has 0 unspecified atom stereocenters. The van der Waals surface area contributed by atoms with E-state index in [1.807, 2.05) is 36.4 Å². The zero-order valence-corrected chi connectivity index (χ0v) is 13.2. The van der Waals surface area contributed by atoms with E-state index < -0.39 is 5.97 Å². The average molecular weight is 320 g/mol. The Bertz CT molecular complexity index is 885. The zero-order chi connectivity index (χ0) is 16.9. The van der Waals surface area contributed by atoms with Crippen LogP contribution >= 0.6 is 0 Å². The van der Waals surface area contributed by atoms with Crippen LogP contribution in [0.25, 0.3) is 10.8 Å². The molecule has 0 aromatic heterocycles. The van der Waals surface area contributed by atoms with Crippen LogP contribution in [0.1, 0.15) is 23.7 Å². The number of ether oxygens (including phenoxy) is 2. The second kappa shape index (κ2) is 6.96. The lowest BCUT2D eigenvalue weighted by atomic mass is 10.1. The Morgan fingerprint density at radius 1 is 0.833 bits per heavy atom. The van der Waals surface area contributed by atoms with E-state index in [2.05, 4.69) is 0 Å². The quantitative estimate of drug-likeness (QED) is 0.529. The summed E-state index contributed by atoms with van der Waals surface area (Å²) in [5, 5.41) is 1.60. The zero-order valence-electron chi connectivity index (χ0n) is 13.2. The summed E-state index contributed by atoms with van der Waals surface area (Å²) >= 11 is 0. The van der Waals surface area contributed by atoms with Gasteiger partial charge < -0.3 is 9.47 Å². The van der Waals surface area contributed by atoms with E-state index in [0.29, 0.717) is 10.9 Å². The van der Waals surface area contributed by atoms with Crippen molar-refractivity contribution in [2.24, 2.45) is 0 Å². The van der Waals surface area contributed by atoms with Gasteiger partial charge in [0.2, 0.25) is 0 Å². The fourth-order valence-electron chi connectivity index (χ4n) is 2.33. The van der Waals surface area contributed by atoms with E-state index in [4.69, 9.17) is 9.47 Å². The minimum absolute atomic E-state index is 0.235. The maximum Gasteiger partial charge on any atom is 0.343 e. The summed E-state index contributed by atoms with van der Waals surface area (Å²) in [4.78, 5) is 24.1. The van der Waals surface area contributed by atoms with E-state index in [1.54, 1.807) is 37.3 Å². The Labute approximate surface area is 139 Å². The van der Waals surface area contributed by atoms with Gasteiger partial charge in [0, 0.05) is 11.8 Å². The molecule has 24 heavy (non-hydrogen) atoms. The van der Waals surface area contributed by atoms with Crippen molar-refractivity contribution < 1.29 is 19.1 Å². The summed E-state index contributed by atoms with van der Waals surface area (Å²) in [5.41, 5.74) is 0.429. The van der Waals surface area contributed by atoms with Gasteiger partial charge in [0.1, 0.15) is 0 Å². The topological polar surface area (TPSA) is 52.6 Å². The highest BCUT2D eigenvalue weighted by Crippen LogP contribution is 2.36. The minimum atomic E-state index is -0.499. The monoisotopic (exact) mass is 320 g/mol. The van der Waals surface area contributed by atoms with Crippen LogP contribution in [0, 0.1) is 0 Å². The first-order chi connectivity index (χ1) is 11.7. The van der Waals surface area contributed by atoms with Crippen molar-refractivity contribution >= 4 is 22.7 Å². The van der Waals surface area contributed by atoms with Crippen LogP contribution < -0.4 is 9.47 Å². The average Bonchev–Trinajstić information content (AvgIpc) is 2.64. The number of hydrogen-bond acceptors (Lipinski definition) is 4. The summed E-state index contributed by atoms with van der Waals surface area (Å²) in [7, 11) is 0. The van der Waals surface area contributed by atoms with Gasteiger partial charge in [-0.25, -0.2) is 4.79 Å². The maximum atomic E-state index is 12.4. The lowest BCUT2D eigenvalue weighted by molar-refractivity contribution is -0.134. The first-order valence-electron chi connectivity index (χ1n) is 7.68. The van der Waals surface area contributed by atoms with Gasteiger partial charge in [-0.3, -0.25) is 4.79 Å². The third-order valence-corrected chi connectivity index (χ3v) is 3.56. The van der Waals surface area contributed by atoms with Crippen molar-refractivity contribution in [2.45, 2.75) is 13.3 Å². The van der Waals surface area contributed by atoms with Crippen LogP contribution in [0.15, 0.2) is 66.7 Å². The first-order valence-corrected chi connectivity index (χ1v) is 7.68. The van der Waals surface area contributed by atoms with Gasteiger partial charge in [0.15, 0.2) is 11.5 Å². The highest BCUT2D eigenvalue weighted by Gasteiger charge is 2.17. The van der Waals surface area contributed by atoms with Crippen molar-refractivity contribution in [3.8, 4) is 11.5 Å². The third-order valence-electron chi connectivity index (χ3n) is 3.56. The number of rotatable bonds is 4. The second-order valence-corrected chi connectivity index (χ2v) is 5.20. The van der Waals surface area contributed by atoms with Crippen LogP contribution in [0.4, 0.5) is 0 Å². The van der Waals surface area contributed by atoms with E-state index in [9.17, 15) is 9.59 Å². The third kappa shape index (κ3) is 3.27. The predicted octanol–water partition coefficient (Wildman–Crippen LogP) is 4.37. The first kappa shape index (κ1) is 15.7. The Kier molecular flexibility index (Phi) is 4.57. The van der Waals surface area contributed by atoms with Crippen LogP contribution in [0.5, 0.6) is 11.5 Å². The van der Waals surface area contributed by atoms with E-state index in [-0.39, 0.29) is 23.9 Å². The molecule has 4 nitrogen and oxygen atoms in total. The number of hydrogen-bond donors (Lipinski definition) is 0. The van der Waals surface area contributed by atoms with E-state index in [0.717, 1.165) is 5.39 Å². The smallest absolute Gasteiger partial charge is 0.343 e. The highest BCUT2D eigenvalue weighted by molar-refractivity contribution is 5.97. The van der Waals surface area contributed by atoms with Crippen molar-refractivity contribution in [2.75, 3.05) is 0 Å². The molecule has 0 bridgehead atoms. The number of carbonyl (C=O) groups excluding carboxylic acids is 2. The summed E-state index contributed by atoms with van der Waals surface area (Å²) in [5.74, 6) is -0.392. The molecule has 3 aromatic carbocycles. The Balaban J connectivity index is 2.04. The molecule has 0 radical (unpaired) electrons. The van der Waals surface area contributed by atoms with Crippen LogP contribution in [0.3, 0.4) is 0 Å². The fraction of sp³-hybridized carbons (Fsp3) is 0.100. The summed E-state index contributed by atoms with van der Waals surface area (Å²) in [6, 6.07) is 19.6. The largest absolute Gasteiger partial charge is 0.422 e. The molecule has 0 spiro atoms. The fourth-order valence-corrected chi connectivity index (χ4v) is 2.33. The summed E-state index contributed by atoms with van der Waals surface area (Å²) in [6.07, 6.45) is 0.235. The van der Waals surface area contributed by atoms with Gasteiger partial charge >= 0.3 is 11.9 Å². The minimum Gasteiger partial charge on any atom is -0.422 e. The number of esters is 2. The molecule has 0 aliphatic rings. The van der Waals surface area contributed by atoms with Gasteiger partial charge in [0.25, 0.3) is 0 Å². The second-order valence-electron chi connectivity index (χ2n) is 5.20. The SMILES string of the molecule is CCC(=O)Oc1ccc2ccccc2c1OC(=O)c1ccccc1. The number of carbonyl (C=O) groups is 2. The predicted molar refractivity (Wildman–Crippen MR) is 91.3 cm³/mol. The van der Waals surface area contributed by atoms with Crippen molar-refractivity contribution in [3.05, 3.63) is 72.3 Å². The Morgan fingerprint density at radius 2 is 1.54 bits per heavy atom. The normalized spacial score (nSPS) is 10.4. The van der Waals surface area contributed by atoms with Crippen LogP contribution in [-0.4, -0.2) is 11.9 Å². The number of benzene rings is 3. The summed E-state index contributed by atoms with van der Waals surface area (Å²) in [6.45, 7) is 1.71. The van der Waals surface area contributed by atoms with Crippen LogP contribution in [-0.2, 0) is 4.79 Å². The molecule has 0 atom stereocenters. The van der Waals surface area contributed by atoms with Gasteiger partial charge in [-0.15, -0.1) is 0 Å². The van der Waals surface area contributed by atoms with E-state index in [1.165, 1.54) is 0 Å². The standard InChI is InChI=1S/C20H16O4/c1-2-18(21)23-17-13-12-14-8-6-7-11-16(14)19(17)24-20(22)15-9-4-3-5-10-15/h3-13H,2H2,1H3. The molecular formula is C20H16O4. The van der Waals surface area contributed by atoms with Crippen LogP contribution in [0.2, 0.25) is 0 Å². The molecule has 0 saturated heterocycles. The van der Waals surface area contributed by atoms with Gasteiger partial charge in [-0.2, -0.15) is 0 Å². The molecule has 0 aliphatic heterocycles. The maximum absolute atomic E-state index is 12.4. The molecular weight excluding hydrogens is 304 g/mol. The Morgan fingerprint density at radius 3 is 2.29 bits per heavy atom. The van der Waals surface area contributed by atoms with Crippen molar-refractivity contribution in [1.29, 1.82) is 0 Å². The molecule has 0 aliphatic carbocycles. The molecule has 0 saturated carbocycles. The van der Waals surface area contributed by atoms with Crippen molar-refractivity contribution in [1.82, 2.24) is 0 Å². The van der Waals surface area contributed by atoms with E-state index >= 15 is 0 Å². The summed E-state index contributed by atoms with van der Waals surface area (Å²) < 4.78 is 10.9. The molecule has 0 heterocycles. The molecule has 0 N–H and O–H groups in total. The van der Waals surface area contributed by atoms with Gasteiger partial charge in [0.05, 0.1) is 5.56 Å². The Hall–Kier alpha value is -3.14. The van der Waals surface area contributed by atoms with Crippen molar-refractivity contribution in [3.63, 3.8) is 0 Å². The number of fused-ring (bicyclic) bond motifs is 1. The molecule has 0 fully saturated rings. The highest BCUT2D eigenvalue weighted by atomic mass is 16.6.